The second kappa shape index (κ2) is 14.3. The van der Waals surface area contributed by atoms with E-state index in [0.29, 0.717) is 0 Å². The predicted octanol–water partition coefficient (Wildman–Crippen LogP) is 17.9. The highest BCUT2D eigenvalue weighted by atomic mass is 32.1. The molecule has 0 N–H and O–H groups in total. The second-order valence-corrected chi connectivity index (χ2v) is 18.6. The van der Waals surface area contributed by atoms with Crippen LogP contribution in [0.2, 0.25) is 0 Å². The van der Waals surface area contributed by atoms with E-state index >= 15 is 0 Å². The highest BCUT2D eigenvalue weighted by Crippen LogP contribution is 2.45. The number of aromatic nitrogens is 1. The molecule has 13 aromatic rings. The van der Waals surface area contributed by atoms with Gasteiger partial charge in [-0.05, 0) is 140 Å². The molecule has 0 unspecified atom stereocenters. The van der Waals surface area contributed by atoms with Gasteiger partial charge in [-0.15, -0.1) is 11.3 Å². The third-order valence-electron chi connectivity index (χ3n) is 14.0. The van der Waals surface area contributed by atoms with Gasteiger partial charge in [0.2, 0.25) is 0 Å². The topological polar surface area (TPSA) is 8.17 Å². The molecule has 11 aromatic carbocycles. The Morgan fingerprint density at radius 2 is 1.06 bits per heavy atom. The standard InChI is InChI=1S/C62H40N2S/c1-3-13-48-39(11-1)21-23-43-24-22-42-27-31-45(37-54(42)61(43)48)63(46-32-36-60-55(38-46)52-17-8-10-20-59(52)65-60)44-29-25-41(26-30-44)47-33-35-57(51-16-6-5-15-50(47)51)64-56-19-9-7-18-53(56)62-49-14-4-2-12-40(49)28-34-58(62)64/h1,3-11,13-38H,2,12H2. The van der Waals surface area contributed by atoms with Gasteiger partial charge >= 0.3 is 0 Å². The fourth-order valence-electron chi connectivity index (χ4n) is 11.0. The number of hydrogen-bond acceptors (Lipinski definition) is 2. The van der Waals surface area contributed by atoms with Crippen LogP contribution in [0, 0.1) is 0 Å². The lowest BCUT2D eigenvalue weighted by Gasteiger charge is -2.26. The van der Waals surface area contributed by atoms with Gasteiger partial charge in [-0.1, -0.05) is 152 Å². The highest BCUT2D eigenvalue weighted by Gasteiger charge is 2.21. The molecule has 0 atom stereocenters. The molecule has 0 fully saturated rings. The molecular formula is C62H40N2S. The zero-order chi connectivity index (χ0) is 42.6. The molecule has 0 saturated heterocycles. The number of allylic oxidation sites excluding steroid dienone is 1. The molecule has 304 valence electrons. The largest absolute Gasteiger partial charge is 0.310 e. The molecule has 0 aliphatic heterocycles. The minimum atomic E-state index is 1.09. The molecule has 2 nitrogen and oxygen atoms in total. The van der Waals surface area contributed by atoms with Crippen molar-refractivity contribution >= 4 is 120 Å². The number of hydrogen-bond donors (Lipinski definition) is 0. The minimum absolute atomic E-state index is 1.09. The van der Waals surface area contributed by atoms with Crippen LogP contribution in [0.25, 0.3) is 108 Å². The van der Waals surface area contributed by atoms with E-state index in [1.165, 1.54) is 113 Å². The predicted molar refractivity (Wildman–Crippen MR) is 281 cm³/mol. The van der Waals surface area contributed by atoms with E-state index in [2.05, 4.69) is 228 Å². The smallest absolute Gasteiger partial charge is 0.0547 e. The molecule has 0 bridgehead atoms. The number of nitrogens with zero attached hydrogens (tertiary/aromatic N) is 2. The highest BCUT2D eigenvalue weighted by molar-refractivity contribution is 7.25. The lowest BCUT2D eigenvalue weighted by Crippen LogP contribution is -2.09. The Morgan fingerprint density at radius 1 is 0.415 bits per heavy atom. The first kappa shape index (κ1) is 36.5. The van der Waals surface area contributed by atoms with E-state index in [1.54, 1.807) is 0 Å². The van der Waals surface area contributed by atoms with Crippen molar-refractivity contribution < 1.29 is 0 Å². The summed E-state index contributed by atoms with van der Waals surface area (Å²) in [7, 11) is 0. The number of benzene rings is 11. The summed E-state index contributed by atoms with van der Waals surface area (Å²) in [5, 5.41) is 15.3. The number of para-hydroxylation sites is 1. The molecule has 0 amide bonds. The fraction of sp³-hybridized carbons (Fsp3) is 0.0323. The quantitative estimate of drug-likeness (QED) is 0.157. The molecule has 14 rings (SSSR count). The van der Waals surface area contributed by atoms with Crippen molar-refractivity contribution in [3.8, 4) is 16.8 Å². The molecule has 0 radical (unpaired) electrons. The summed E-state index contributed by atoms with van der Waals surface area (Å²) in [6, 6.07) is 77.0. The molecule has 2 heterocycles. The molecule has 0 spiro atoms. The molecule has 1 aliphatic rings. The van der Waals surface area contributed by atoms with Crippen LogP contribution in [0.3, 0.4) is 0 Å². The van der Waals surface area contributed by atoms with E-state index in [-0.39, 0.29) is 0 Å². The van der Waals surface area contributed by atoms with Crippen molar-refractivity contribution in [1.82, 2.24) is 4.57 Å². The van der Waals surface area contributed by atoms with E-state index < -0.39 is 0 Å². The summed E-state index contributed by atoms with van der Waals surface area (Å²) in [4.78, 5) is 2.44. The summed E-state index contributed by atoms with van der Waals surface area (Å²) in [5.74, 6) is 0. The lowest BCUT2D eigenvalue weighted by molar-refractivity contribution is 0.989. The average Bonchev–Trinajstić information content (AvgIpc) is 3.92. The Bertz CT molecular complexity index is 4120. The third kappa shape index (κ3) is 5.59. The Kier molecular flexibility index (Phi) is 8.01. The van der Waals surface area contributed by atoms with Gasteiger partial charge in [0.1, 0.15) is 0 Å². The van der Waals surface area contributed by atoms with Gasteiger partial charge in [0.25, 0.3) is 0 Å². The van der Waals surface area contributed by atoms with Crippen molar-refractivity contribution in [2.45, 2.75) is 12.8 Å². The normalized spacial score (nSPS) is 12.7. The summed E-state index contributed by atoms with van der Waals surface area (Å²) in [6.07, 6.45) is 6.87. The molecule has 0 saturated carbocycles. The van der Waals surface area contributed by atoms with Gasteiger partial charge in [0.05, 0.1) is 16.7 Å². The summed E-state index contributed by atoms with van der Waals surface area (Å²) >= 11 is 1.86. The van der Waals surface area contributed by atoms with Crippen LogP contribution in [0.1, 0.15) is 17.5 Å². The van der Waals surface area contributed by atoms with E-state index in [1.807, 2.05) is 11.3 Å². The van der Waals surface area contributed by atoms with Crippen molar-refractivity contribution in [2.24, 2.45) is 0 Å². The number of rotatable bonds is 5. The van der Waals surface area contributed by atoms with Gasteiger partial charge in [0.15, 0.2) is 0 Å². The minimum Gasteiger partial charge on any atom is -0.310 e. The van der Waals surface area contributed by atoms with Gasteiger partial charge < -0.3 is 9.47 Å². The molecule has 3 heteroatoms. The lowest BCUT2D eigenvalue weighted by atomic mass is 9.93. The molecule has 1 aliphatic carbocycles. The summed E-state index contributed by atoms with van der Waals surface area (Å²) in [6.45, 7) is 0. The van der Waals surface area contributed by atoms with Crippen molar-refractivity contribution in [3.63, 3.8) is 0 Å². The number of thiophene rings is 1. The first-order chi connectivity index (χ1) is 32.2. The van der Waals surface area contributed by atoms with Crippen molar-refractivity contribution in [1.29, 1.82) is 0 Å². The maximum absolute atomic E-state index is 2.49. The van der Waals surface area contributed by atoms with Crippen LogP contribution >= 0.6 is 11.3 Å². The van der Waals surface area contributed by atoms with E-state index in [4.69, 9.17) is 0 Å². The van der Waals surface area contributed by atoms with Crippen LogP contribution in [0.15, 0.2) is 212 Å². The SMILES string of the molecule is C1=Cc2c(ccc3c2c2ccccc2n3-c2ccc(-c3ccc(N(c4ccc5sc6ccccc6c5c4)c4ccc5ccc6ccc7ccccc7c6c5c4)cc3)c3ccccc23)CC1. The van der Waals surface area contributed by atoms with Gasteiger partial charge in [-0.25, -0.2) is 0 Å². The van der Waals surface area contributed by atoms with Gasteiger partial charge in [0, 0.05) is 53.4 Å². The maximum atomic E-state index is 2.49. The maximum Gasteiger partial charge on any atom is 0.0547 e. The van der Waals surface area contributed by atoms with Crippen molar-refractivity contribution in [2.75, 3.05) is 4.90 Å². The Hall–Kier alpha value is -7.98. The Balaban J connectivity index is 0.936. The van der Waals surface area contributed by atoms with Gasteiger partial charge in [-0.2, -0.15) is 0 Å². The van der Waals surface area contributed by atoms with Crippen LogP contribution < -0.4 is 4.90 Å². The van der Waals surface area contributed by atoms with Crippen molar-refractivity contribution in [3.05, 3.63) is 223 Å². The van der Waals surface area contributed by atoms with E-state index in [9.17, 15) is 0 Å². The van der Waals surface area contributed by atoms with Crippen LogP contribution in [0.5, 0.6) is 0 Å². The Morgan fingerprint density at radius 3 is 1.92 bits per heavy atom. The zero-order valence-corrected chi connectivity index (χ0v) is 36.3. The Labute approximate surface area is 380 Å². The third-order valence-corrected chi connectivity index (χ3v) is 15.2. The summed E-state index contributed by atoms with van der Waals surface area (Å²) in [5.41, 5.74) is 12.3. The number of aryl methyl sites for hydroxylation is 1. The molecule has 2 aromatic heterocycles. The van der Waals surface area contributed by atoms with Crippen LogP contribution in [0.4, 0.5) is 17.1 Å². The van der Waals surface area contributed by atoms with Crippen LogP contribution in [-0.4, -0.2) is 4.57 Å². The first-order valence-corrected chi connectivity index (χ1v) is 23.4. The second-order valence-electron chi connectivity index (χ2n) is 17.5. The first-order valence-electron chi connectivity index (χ1n) is 22.6. The van der Waals surface area contributed by atoms with Gasteiger partial charge in [-0.3, -0.25) is 0 Å². The number of fused-ring (bicyclic) bond motifs is 14. The molecular weight excluding hydrogens is 805 g/mol. The van der Waals surface area contributed by atoms with Crippen LogP contribution in [-0.2, 0) is 6.42 Å². The van der Waals surface area contributed by atoms with E-state index in [0.717, 1.165) is 29.9 Å². The summed E-state index contributed by atoms with van der Waals surface area (Å²) < 4.78 is 5.10. The molecule has 65 heavy (non-hydrogen) atoms. The monoisotopic (exact) mass is 844 g/mol. The average molecular weight is 845 g/mol. The fourth-order valence-corrected chi connectivity index (χ4v) is 12.1. The zero-order valence-electron chi connectivity index (χ0n) is 35.5. The number of anilines is 3.